The number of rotatable bonds is 4. The fourth-order valence-corrected chi connectivity index (χ4v) is 2.77. The Hall–Kier alpha value is -3.41. The van der Waals surface area contributed by atoms with Gasteiger partial charge in [0, 0.05) is 0 Å². The van der Waals surface area contributed by atoms with E-state index in [1.165, 1.54) is 6.08 Å². The number of hydrogen-bond donors (Lipinski definition) is 1. The van der Waals surface area contributed by atoms with Crippen LogP contribution in [0, 0.1) is 0 Å². The van der Waals surface area contributed by atoms with Crippen molar-refractivity contribution in [3.05, 3.63) is 65.2 Å². The highest BCUT2D eigenvalue weighted by molar-refractivity contribution is 6.39. The average Bonchev–Trinajstić information content (AvgIpc) is 2.66. The summed E-state index contributed by atoms with van der Waals surface area (Å²) in [4.78, 5) is 38.3. The van der Waals surface area contributed by atoms with Gasteiger partial charge in [0.15, 0.2) is 0 Å². The number of benzene rings is 2. The molecule has 1 saturated heterocycles. The van der Waals surface area contributed by atoms with Crippen LogP contribution in [-0.2, 0) is 9.59 Å². The molecule has 4 amide bonds. The second-order valence-electron chi connectivity index (χ2n) is 6.48. The van der Waals surface area contributed by atoms with Crippen LogP contribution in [0.2, 0.25) is 0 Å². The zero-order chi connectivity index (χ0) is 19.6. The molecule has 1 aliphatic heterocycles. The van der Waals surface area contributed by atoms with E-state index in [4.69, 9.17) is 4.74 Å². The van der Waals surface area contributed by atoms with Gasteiger partial charge in [-0.05, 0) is 47.4 Å². The van der Waals surface area contributed by atoms with Gasteiger partial charge in [0.2, 0.25) is 0 Å². The predicted molar refractivity (Wildman–Crippen MR) is 103 cm³/mol. The van der Waals surface area contributed by atoms with E-state index in [1.807, 2.05) is 12.1 Å². The van der Waals surface area contributed by atoms with Gasteiger partial charge in [-0.1, -0.05) is 38.1 Å². The van der Waals surface area contributed by atoms with E-state index < -0.39 is 17.8 Å². The first kappa shape index (κ1) is 18.4. The van der Waals surface area contributed by atoms with Crippen LogP contribution >= 0.6 is 0 Å². The number of barbiturate groups is 1. The molecule has 0 unspecified atom stereocenters. The molecule has 0 bridgehead atoms. The summed E-state index contributed by atoms with van der Waals surface area (Å²) in [6, 6.07) is 13.3. The minimum Gasteiger partial charge on any atom is -0.497 e. The lowest BCUT2D eigenvalue weighted by atomic mass is 10.0. The lowest BCUT2D eigenvalue weighted by Gasteiger charge is -2.26. The molecule has 138 valence electrons. The van der Waals surface area contributed by atoms with Gasteiger partial charge in [-0.25, -0.2) is 9.69 Å². The molecular formula is C21H20N2O4. The number of ether oxygens (including phenoxy) is 1. The number of anilines is 1. The van der Waals surface area contributed by atoms with E-state index in [0.29, 0.717) is 22.9 Å². The SMILES string of the molecule is COc1ccc(C=C2C(=O)NC(=O)N(c3ccc(C(C)C)cc3)C2=O)cc1. The molecule has 6 nitrogen and oxygen atoms in total. The minimum atomic E-state index is -0.755. The Labute approximate surface area is 157 Å². The number of carbonyl (C=O) groups excluding carboxylic acids is 3. The molecule has 1 N–H and O–H groups in total. The number of methoxy groups -OCH3 is 1. The summed E-state index contributed by atoms with van der Waals surface area (Å²) >= 11 is 0. The summed E-state index contributed by atoms with van der Waals surface area (Å²) in [6.45, 7) is 4.12. The molecule has 3 rings (SSSR count). The summed E-state index contributed by atoms with van der Waals surface area (Å²) in [5.41, 5.74) is 2.05. The molecule has 27 heavy (non-hydrogen) atoms. The van der Waals surface area contributed by atoms with Crippen LogP contribution in [0.25, 0.3) is 6.08 Å². The molecule has 0 atom stereocenters. The monoisotopic (exact) mass is 364 g/mol. The normalized spacial score (nSPS) is 16.1. The van der Waals surface area contributed by atoms with Crippen molar-refractivity contribution >= 4 is 29.6 Å². The van der Waals surface area contributed by atoms with Gasteiger partial charge in [-0.3, -0.25) is 14.9 Å². The van der Waals surface area contributed by atoms with Crippen molar-refractivity contribution in [3.63, 3.8) is 0 Å². The third-order valence-corrected chi connectivity index (χ3v) is 4.35. The van der Waals surface area contributed by atoms with Crippen LogP contribution in [0.3, 0.4) is 0 Å². The summed E-state index contributed by atoms with van der Waals surface area (Å²) in [6.07, 6.45) is 1.46. The molecule has 1 heterocycles. The highest BCUT2D eigenvalue weighted by atomic mass is 16.5. The third-order valence-electron chi connectivity index (χ3n) is 4.35. The Morgan fingerprint density at radius 2 is 1.59 bits per heavy atom. The van der Waals surface area contributed by atoms with Crippen molar-refractivity contribution in [1.82, 2.24) is 5.32 Å². The Balaban J connectivity index is 1.94. The Bertz CT molecular complexity index is 912. The number of nitrogens with zero attached hydrogens (tertiary/aromatic N) is 1. The second kappa shape index (κ2) is 7.45. The van der Waals surface area contributed by atoms with Crippen LogP contribution in [0.15, 0.2) is 54.1 Å². The Morgan fingerprint density at radius 1 is 0.963 bits per heavy atom. The van der Waals surface area contributed by atoms with Crippen LogP contribution in [0.5, 0.6) is 5.75 Å². The lowest BCUT2D eigenvalue weighted by Crippen LogP contribution is -2.54. The van der Waals surface area contributed by atoms with Crippen molar-refractivity contribution in [2.75, 3.05) is 12.0 Å². The smallest absolute Gasteiger partial charge is 0.335 e. The number of nitrogens with one attached hydrogen (secondary N) is 1. The lowest BCUT2D eigenvalue weighted by molar-refractivity contribution is -0.122. The summed E-state index contributed by atoms with van der Waals surface area (Å²) in [5.74, 6) is -0.372. The molecule has 6 heteroatoms. The first-order valence-electron chi connectivity index (χ1n) is 8.56. The quantitative estimate of drug-likeness (QED) is 0.666. The molecule has 1 aliphatic rings. The average molecular weight is 364 g/mol. The van der Waals surface area contributed by atoms with Crippen molar-refractivity contribution in [2.45, 2.75) is 19.8 Å². The van der Waals surface area contributed by atoms with E-state index in [9.17, 15) is 14.4 Å². The van der Waals surface area contributed by atoms with E-state index in [-0.39, 0.29) is 5.57 Å². The number of urea groups is 1. The van der Waals surface area contributed by atoms with Crippen molar-refractivity contribution in [3.8, 4) is 5.75 Å². The second-order valence-corrected chi connectivity index (χ2v) is 6.48. The number of amides is 4. The highest BCUT2D eigenvalue weighted by Gasteiger charge is 2.36. The zero-order valence-electron chi connectivity index (χ0n) is 15.4. The van der Waals surface area contributed by atoms with Crippen molar-refractivity contribution in [2.24, 2.45) is 0 Å². The van der Waals surface area contributed by atoms with Crippen LogP contribution < -0.4 is 15.0 Å². The molecule has 2 aromatic carbocycles. The maximum atomic E-state index is 12.8. The number of carbonyl (C=O) groups is 3. The summed E-state index contributed by atoms with van der Waals surface area (Å²) in [7, 11) is 1.56. The van der Waals surface area contributed by atoms with E-state index in [1.54, 1.807) is 43.5 Å². The van der Waals surface area contributed by atoms with Gasteiger partial charge in [-0.15, -0.1) is 0 Å². The molecule has 0 aromatic heterocycles. The summed E-state index contributed by atoms with van der Waals surface area (Å²) in [5, 5.41) is 2.22. The number of hydrogen-bond acceptors (Lipinski definition) is 4. The Morgan fingerprint density at radius 3 is 2.15 bits per heavy atom. The molecule has 2 aromatic rings. The standard InChI is InChI=1S/C21H20N2O4/c1-13(2)15-6-8-16(9-7-15)23-20(25)18(19(24)22-21(23)26)12-14-4-10-17(27-3)11-5-14/h4-13H,1-3H3,(H,22,24,26). The maximum absolute atomic E-state index is 12.8. The molecular weight excluding hydrogens is 344 g/mol. The molecule has 0 saturated carbocycles. The Kier molecular flexibility index (Phi) is 5.07. The van der Waals surface area contributed by atoms with Crippen molar-refractivity contribution < 1.29 is 19.1 Å². The van der Waals surface area contributed by atoms with Gasteiger partial charge in [0.05, 0.1) is 12.8 Å². The predicted octanol–water partition coefficient (Wildman–Crippen LogP) is 3.49. The fraction of sp³-hybridized carbons (Fsp3) is 0.190. The van der Waals surface area contributed by atoms with Gasteiger partial charge in [0.1, 0.15) is 11.3 Å². The largest absolute Gasteiger partial charge is 0.497 e. The summed E-state index contributed by atoms with van der Waals surface area (Å²) < 4.78 is 5.10. The van der Waals surface area contributed by atoms with Crippen LogP contribution in [-0.4, -0.2) is 25.0 Å². The van der Waals surface area contributed by atoms with Crippen LogP contribution in [0.4, 0.5) is 10.5 Å². The van der Waals surface area contributed by atoms with E-state index >= 15 is 0 Å². The first-order valence-corrected chi connectivity index (χ1v) is 8.56. The van der Waals surface area contributed by atoms with Gasteiger partial charge in [-0.2, -0.15) is 0 Å². The third kappa shape index (κ3) is 3.74. The van der Waals surface area contributed by atoms with Gasteiger partial charge in [0.25, 0.3) is 11.8 Å². The molecule has 0 aliphatic carbocycles. The van der Waals surface area contributed by atoms with E-state index in [0.717, 1.165) is 10.5 Å². The van der Waals surface area contributed by atoms with Crippen LogP contribution in [0.1, 0.15) is 30.9 Å². The number of imide groups is 2. The topological polar surface area (TPSA) is 75.7 Å². The molecule has 0 spiro atoms. The van der Waals surface area contributed by atoms with Gasteiger partial charge >= 0.3 is 6.03 Å². The minimum absolute atomic E-state index is 0.104. The van der Waals surface area contributed by atoms with E-state index in [2.05, 4.69) is 19.2 Å². The first-order chi connectivity index (χ1) is 12.9. The molecule has 0 radical (unpaired) electrons. The fourth-order valence-electron chi connectivity index (χ4n) is 2.77. The molecule has 1 fully saturated rings. The van der Waals surface area contributed by atoms with Crippen molar-refractivity contribution in [1.29, 1.82) is 0 Å². The highest BCUT2D eigenvalue weighted by Crippen LogP contribution is 2.24. The maximum Gasteiger partial charge on any atom is 0.335 e. The zero-order valence-corrected chi connectivity index (χ0v) is 15.4. The van der Waals surface area contributed by atoms with Gasteiger partial charge < -0.3 is 4.74 Å².